The summed E-state index contributed by atoms with van der Waals surface area (Å²) in [6.45, 7) is 28.6. The maximum Gasteiger partial charge on any atom is 0.169 e. The molecular weight excluding hydrogens is 1780 g/mol. The van der Waals surface area contributed by atoms with Crippen LogP contribution in [0.15, 0.2) is 187 Å². The molecule has 0 aromatic heterocycles. The normalized spacial score (nSPS) is 23.0. The van der Waals surface area contributed by atoms with Gasteiger partial charge in [0.2, 0.25) is 0 Å². The highest BCUT2D eigenvalue weighted by molar-refractivity contribution is 8.14. The summed E-state index contributed by atoms with van der Waals surface area (Å²) in [6.07, 6.45) is 26.5. The highest BCUT2D eigenvalue weighted by Gasteiger charge is 2.52. The lowest BCUT2D eigenvalue weighted by molar-refractivity contribution is -0.155. The van der Waals surface area contributed by atoms with Crippen molar-refractivity contribution in [1.29, 1.82) is 0 Å². The van der Waals surface area contributed by atoms with Gasteiger partial charge < -0.3 is 86.9 Å². The fraction of sp³-hybridized carbons (Fsp3) is 0.611. The molecule has 0 amide bonds. The Morgan fingerprint density at radius 1 is 0.551 bits per heavy atom. The van der Waals surface area contributed by atoms with Crippen molar-refractivity contribution >= 4 is 57.4 Å². The van der Waals surface area contributed by atoms with Crippen molar-refractivity contribution in [3.63, 3.8) is 0 Å². The Balaban J connectivity index is 0.000000284. The summed E-state index contributed by atoms with van der Waals surface area (Å²) in [5.74, 6) is 1.35. The van der Waals surface area contributed by atoms with Crippen molar-refractivity contribution in [1.82, 2.24) is 0 Å². The largest absolute Gasteiger partial charge is 0.411 e. The number of methoxy groups -OCH3 is 6. The van der Waals surface area contributed by atoms with Crippen molar-refractivity contribution in [2.24, 2.45) is 39.0 Å². The first-order valence-corrected chi connectivity index (χ1v) is 50.0. The maximum absolute atomic E-state index is 14.9. The summed E-state index contributed by atoms with van der Waals surface area (Å²) in [7, 11) is 10.3. The predicted octanol–water partition coefficient (Wildman–Crippen LogP) is 21.7. The maximum atomic E-state index is 14.9. The van der Waals surface area contributed by atoms with Gasteiger partial charge in [0.1, 0.15) is 24.1 Å². The molecule has 136 heavy (non-hydrogen) atoms. The summed E-state index contributed by atoms with van der Waals surface area (Å²) in [5, 5.41) is 44.1. The fourth-order valence-corrected chi connectivity index (χ4v) is 20.2. The number of thiocarbonyl (C=S) groups is 1. The number of rotatable bonds is 47. The zero-order valence-corrected chi connectivity index (χ0v) is 84.6. The number of aliphatic hydroxyl groups is 3. The van der Waals surface area contributed by atoms with Gasteiger partial charge in [0.15, 0.2) is 30.4 Å². The second-order valence-electron chi connectivity index (χ2n) is 34.6. The number of carbonyl (C=O) groups excluding carboxylic acids is 2. The number of fused-ring (bicyclic) bond motifs is 3. The molecule has 7 aliphatic rings. The third kappa shape index (κ3) is 40.1. The van der Waals surface area contributed by atoms with Gasteiger partial charge in [-0.25, -0.2) is 13.2 Å². The summed E-state index contributed by atoms with van der Waals surface area (Å²) in [5.41, 5.74) is 3.00. The van der Waals surface area contributed by atoms with E-state index in [2.05, 4.69) is 30.0 Å². The highest BCUT2D eigenvalue weighted by atomic mass is 32.2. The van der Waals surface area contributed by atoms with E-state index in [1.165, 1.54) is 30.5 Å². The summed E-state index contributed by atoms with van der Waals surface area (Å²) < 4.78 is 114. The van der Waals surface area contributed by atoms with Crippen molar-refractivity contribution in [2.45, 2.75) is 280 Å². The van der Waals surface area contributed by atoms with E-state index in [1.54, 1.807) is 103 Å². The van der Waals surface area contributed by atoms with Gasteiger partial charge in [-0.2, -0.15) is 0 Å². The van der Waals surface area contributed by atoms with Crippen LogP contribution in [0.4, 0.5) is 13.2 Å². The molecule has 760 valence electrons. The number of nitrogens with zero attached hydrogens (tertiary/aromatic N) is 3. The molecule has 12 rings (SSSR count). The number of hydrogen-bond donors (Lipinski definition) is 4. The van der Waals surface area contributed by atoms with E-state index in [0.717, 1.165) is 132 Å². The molecule has 5 aromatic carbocycles. The van der Waals surface area contributed by atoms with Crippen LogP contribution < -0.4 is 0 Å². The molecule has 0 spiro atoms. The van der Waals surface area contributed by atoms with E-state index in [9.17, 15) is 33.0 Å². The highest BCUT2D eigenvalue weighted by Crippen LogP contribution is 2.53. The van der Waals surface area contributed by atoms with Crippen molar-refractivity contribution < 1.29 is 110 Å². The molecule has 5 fully saturated rings. The molecule has 3 aliphatic heterocycles. The number of oxime groups is 2. The minimum Gasteiger partial charge on any atom is -0.411 e. The Kier molecular flexibility index (Phi) is 60.4. The number of thioether (sulfide) groups is 1. The van der Waals surface area contributed by atoms with Crippen LogP contribution in [0.1, 0.15) is 239 Å². The number of benzene rings is 5. The van der Waals surface area contributed by atoms with Gasteiger partial charge in [0.05, 0.1) is 78.7 Å². The second kappa shape index (κ2) is 68.9. The Hall–Kier alpha value is -7.14. The van der Waals surface area contributed by atoms with E-state index in [4.69, 9.17) is 93.9 Å². The zero-order valence-electron chi connectivity index (χ0n) is 83.0. The molecule has 3 unspecified atom stereocenters. The lowest BCUT2D eigenvalue weighted by Gasteiger charge is -2.47. The number of allylic oxidation sites excluding steroid dienone is 3. The first-order chi connectivity index (χ1) is 66.0. The Morgan fingerprint density at radius 2 is 1.03 bits per heavy atom. The predicted molar refractivity (Wildman–Crippen MR) is 539 cm³/mol. The van der Waals surface area contributed by atoms with E-state index in [1.807, 2.05) is 133 Å². The third-order valence-corrected chi connectivity index (χ3v) is 27.2. The summed E-state index contributed by atoms with van der Waals surface area (Å²) in [6, 6.07) is 39.1. The molecular formula is C108H160F3N3O20S2. The molecule has 1 saturated heterocycles. The fourth-order valence-electron chi connectivity index (χ4n) is 18.5. The van der Waals surface area contributed by atoms with E-state index < -0.39 is 11.0 Å². The van der Waals surface area contributed by atoms with Gasteiger partial charge in [0, 0.05) is 191 Å². The number of hydrogen-bond acceptors (Lipinski definition) is 25. The zero-order chi connectivity index (χ0) is 99.4. The lowest BCUT2D eigenvalue weighted by Crippen LogP contribution is -2.47. The number of ketones is 2. The number of carbonyl (C=O) groups is 2. The summed E-state index contributed by atoms with van der Waals surface area (Å²) in [4.78, 5) is 36.0. The second-order valence-corrected chi connectivity index (χ2v) is 36.2. The Labute approximate surface area is 819 Å². The minimum atomic E-state index is -0.687. The van der Waals surface area contributed by atoms with Crippen molar-refractivity contribution in [3.05, 3.63) is 217 Å². The quantitative estimate of drug-likeness (QED) is 0.00535. The van der Waals surface area contributed by atoms with Gasteiger partial charge in [-0.15, -0.1) is 36.7 Å². The minimum absolute atomic E-state index is 0.0370. The van der Waals surface area contributed by atoms with Gasteiger partial charge >= 0.3 is 0 Å². The van der Waals surface area contributed by atoms with Crippen molar-refractivity contribution in [3.8, 4) is 0 Å². The molecule has 28 heteroatoms. The lowest BCUT2D eigenvalue weighted by atomic mass is 9.59. The van der Waals surface area contributed by atoms with Crippen LogP contribution in [0.5, 0.6) is 0 Å². The molecule has 0 radical (unpaired) electrons. The van der Waals surface area contributed by atoms with E-state index in [-0.39, 0.29) is 128 Å². The third-order valence-electron chi connectivity index (χ3n) is 25.8. The molecule has 4 aliphatic carbocycles. The Bertz CT molecular complexity index is 4190. The van der Waals surface area contributed by atoms with Gasteiger partial charge in [-0.05, 0) is 198 Å². The molecule has 23 nitrogen and oxygen atoms in total. The van der Waals surface area contributed by atoms with Crippen LogP contribution in [0.25, 0.3) is 0 Å². The van der Waals surface area contributed by atoms with Crippen LogP contribution in [0.3, 0.4) is 0 Å². The first kappa shape index (κ1) is 119. The number of Topliss-reactive ketones (excluding diaryl/α,β-unsaturated/α-hetero) is 2. The van der Waals surface area contributed by atoms with Crippen molar-refractivity contribution in [2.75, 3.05) is 121 Å². The smallest absolute Gasteiger partial charge is 0.169 e. The SMILES string of the molecule is C=CCCC(C/C=N/O)OC.C=CCCC(CC(OCC)OCC)OC.C=CCCC(O)CC(OCC)OCC.CCOC(CCO)OCC.CO[C@H]1CC[C@@H](CO)[C@](CC(=S)CC(=O)c2ccccc2)(c2ccccc2F)C1.CO[C@H]1CC[C@H]2COC[C@@]2(c2ccccc2F)C1.CO[C@H]1CC[C@H]2CON=C2C1.CO[C@H]1CC[C@H]2CSC(CC(=O)c3ccccc3)=N[C@@]2(c2ccccc2F)C1. The number of ether oxygens (including phenoxy) is 13. The van der Waals surface area contributed by atoms with Crippen LogP contribution in [0, 0.1) is 41.1 Å². The molecule has 4 saturated carbocycles. The molecule has 0 bridgehead atoms. The van der Waals surface area contributed by atoms with Gasteiger partial charge in [0.25, 0.3) is 0 Å². The molecule has 5 aromatic rings. The van der Waals surface area contributed by atoms with E-state index >= 15 is 0 Å². The summed E-state index contributed by atoms with van der Waals surface area (Å²) >= 11 is 7.28. The van der Waals surface area contributed by atoms with E-state index in [0.29, 0.717) is 130 Å². The molecule has 3 heterocycles. The average molecular weight is 1940 g/mol. The molecule has 14 atom stereocenters. The first-order valence-electron chi connectivity index (χ1n) is 48.7. The standard InChI is InChI=1S/C24H27FO3S.C23H24FNO2S.C15H19FO2.C12H24O3.C11H22O3.C8H13NO2.C8H15NO2.C7H16O3/c1-28-19-12-11-18(16-26)24(14-19,21-9-5-6-10-22(21)25)15-20(29)13-23(27)17-7-3-2-4-8-17;1-27-18-12-11-17-15-28-22(13-21(26)16-7-3-2-4-8-16)25-23(17,14-18)19-9-5-6-10-20(19)24;1-17-12-7-6-11-9-18-10-15(11,8-12)13-4-2-3-5-14(13)16;1-5-8-9-11(13-4)10-12(14-6-2)15-7-3;1-4-7-8-10(12)9-11(13-5-2)14-6-3;1-10-7-3-2-6-5-11-9-8(6)4-7;1-3-4-5-8(11-2)6-7-9-10;1-3-9-7(5-6-8)10-4-2/h2-10,18-19,26H,11-16H2,1H3;2-10,17-18H,11-15H2,1H3;2-5,11-12H,6-10H2,1H3;5,11-12H,1,6-10H2,2-4H3;4,10-12H,1,5-9H2,2-3H3;6-7H,2-5H2,1H3;3,7-8,10H,1,4-6H2,2H3;7-8H,3-6H2,1-2H3/b;;;;;;9-7+;/t18-,19-,24-;17-,18-,23-;11-,12-,15-;;;6-,7-;;/m000..0../s1. The average Bonchev–Trinajstić information content (AvgIpc) is 1.18. The van der Waals surface area contributed by atoms with Gasteiger partial charge in [-0.3, -0.25) is 14.6 Å². The van der Waals surface area contributed by atoms with Crippen LogP contribution in [-0.4, -0.2) is 237 Å². The number of halogens is 3. The Morgan fingerprint density at radius 3 is 1.55 bits per heavy atom. The topological polar surface area (TPSA) is 281 Å². The van der Waals surface area contributed by atoms with Gasteiger partial charge in [-0.1, -0.05) is 151 Å². The van der Waals surface area contributed by atoms with Crippen LogP contribution in [-0.2, 0) is 82.8 Å². The van der Waals surface area contributed by atoms with Crippen LogP contribution in [0.2, 0.25) is 0 Å². The molecule has 4 N–H and O–H groups in total. The number of aliphatic hydroxyl groups excluding tert-OH is 3. The van der Waals surface area contributed by atoms with Crippen LogP contribution >= 0.6 is 24.0 Å². The monoisotopic (exact) mass is 1940 g/mol. The number of aliphatic imine (C=N–C) groups is 1.